The molecule has 0 radical (unpaired) electrons. The number of rotatable bonds is 9. The topological polar surface area (TPSA) is 59.7 Å². The van der Waals surface area contributed by atoms with Crippen LogP contribution in [0, 0.1) is 6.92 Å². The lowest BCUT2D eigenvalue weighted by molar-refractivity contribution is 0.270. The lowest BCUT2D eigenvalue weighted by Gasteiger charge is -2.23. The van der Waals surface area contributed by atoms with Gasteiger partial charge in [0, 0.05) is 17.5 Å². The molecule has 8 heteroatoms. The lowest BCUT2D eigenvalue weighted by Crippen LogP contribution is -2.23. The number of nitrogens with zero attached hydrogens (tertiary/aromatic N) is 6. The second-order valence-electron chi connectivity index (χ2n) is 8.21. The van der Waals surface area contributed by atoms with Gasteiger partial charge in [-0.15, -0.1) is 21.5 Å². The number of hydrogen-bond acceptors (Lipinski definition) is 7. The van der Waals surface area contributed by atoms with Gasteiger partial charge < -0.3 is 4.57 Å². The summed E-state index contributed by atoms with van der Waals surface area (Å²) in [5, 5.41) is 14.3. The van der Waals surface area contributed by atoms with Gasteiger partial charge in [0.05, 0.1) is 11.4 Å². The smallest absolute Gasteiger partial charge is 0.197 e. The Bertz CT molecular complexity index is 1180. The molecule has 0 saturated carbocycles. The molecule has 0 aliphatic carbocycles. The van der Waals surface area contributed by atoms with E-state index in [9.17, 15) is 0 Å². The van der Waals surface area contributed by atoms with Gasteiger partial charge in [-0.25, -0.2) is 9.97 Å². The minimum atomic E-state index is 0.239. The largest absolute Gasteiger partial charge is 0.304 e. The molecule has 32 heavy (non-hydrogen) atoms. The summed E-state index contributed by atoms with van der Waals surface area (Å²) < 4.78 is 2.29. The van der Waals surface area contributed by atoms with Crippen molar-refractivity contribution in [1.29, 1.82) is 0 Å². The van der Waals surface area contributed by atoms with E-state index < -0.39 is 0 Å². The van der Waals surface area contributed by atoms with E-state index in [4.69, 9.17) is 0 Å². The van der Waals surface area contributed by atoms with Crippen molar-refractivity contribution in [2.24, 2.45) is 0 Å². The molecule has 1 aromatic carbocycles. The molecule has 6 nitrogen and oxygen atoms in total. The van der Waals surface area contributed by atoms with E-state index in [0.29, 0.717) is 0 Å². The number of hydrogen-bond donors (Lipinski definition) is 0. The summed E-state index contributed by atoms with van der Waals surface area (Å²) in [6.45, 7) is 7.43. The van der Waals surface area contributed by atoms with Gasteiger partial charge in [-0.1, -0.05) is 50.1 Å². The molecule has 4 rings (SSSR count). The van der Waals surface area contributed by atoms with Crippen molar-refractivity contribution >= 4 is 33.3 Å². The first-order valence-corrected chi connectivity index (χ1v) is 12.8. The van der Waals surface area contributed by atoms with Crippen LogP contribution in [0.2, 0.25) is 0 Å². The van der Waals surface area contributed by atoms with Gasteiger partial charge in [0.25, 0.3) is 0 Å². The first kappa shape index (κ1) is 22.9. The van der Waals surface area contributed by atoms with E-state index in [1.54, 1.807) is 29.4 Å². The van der Waals surface area contributed by atoms with E-state index in [2.05, 4.69) is 94.1 Å². The predicted octanol–water partition coefficient (Wildman–Crippen LogP) is 6.22. The number of benzene rings is 1. The van der Waals surface area contributed by atoms with Gasteiger partial charge >= 0.3 is 0 Å². The first-order valence-electron chi connectivity index (χ1n) is 11.1. The molecule has 0 saturated heterocycles. The Morgan fingerprint density at radius 1 is 1.09 bits per heavy atom. The van der Waals surface area contributed by atoms with Gasteiger partial charge in [0.1, 0.15) is 16.2 Å². The van der Waals surface area contributed by atoms with E-state index in [0.717, 1.165) is 52.0 Å². The van der Waals surface area contributed by atoms with Crippen LogP contribution in [-0.4, -0.2) is 43.7 Å². The fraction of sp³-hybridized carbons (Fsp3) is 0.417. The highest BCUT2D eigenvalue weighted by molar-refractivity contribution is 7.99. The van der Waals surface area contributed by atoms with Crippen molar-refractivity contribution in [3.8, 4) is 11.1 Å². The predicted molar refractivity (Wildman–Crippen MR) is 133 cm³/mol. The van der Waals surface area contributed by atoms with Gasteiger partial charge in [-0.05, 0) is 51.2 Å². The molecule has 168 valence electrons. The molecule has 0 amide bonds. The fourth-order valence-corrected chi connectivity index (χ4v) is 5.82. The highest BCUT2D eigenvalue weighted by Gasteiger charge is 2.23. The van der Waals surface area contributed by atoms with Crippen molar-refractivity contribution in [2.45, 2.75) is 62.8 Å². The minimum absolute atomic E-state index is 0.239. The average molecular weight is 467 g/mol. The van der Waals surface area contributed by atoms with E-state index in [1.165, 1.54) is 16.7 Å². The molecule has 3 aromatic heterocycles. The summed E-state index contributed by atoms with van der Waals surface area (Å²) in [5.41, 5.74) is 3.61. The molecule has 0 N–H and O–H groups in total. The Morgan fingerprint density at radius 2 is 1.88 bits per heavy atom. The monoisotopic (exact) mass is 466 g/mol. The van der Waals surface area contributed by atoms with Crippen molar-refractivity contribution < 1.29 is 0 Å². The quantitative estimate of drug-likeness (QED) is 0.273. The van der Waals surface area contributed by atoms with Crippen LogP contribution in [0.5, 0.6) is 0 Å². The summed E-state index contributed by atoms with van der Waals surface area (Å²) in [6, 6.07) is 8.87. The summed E-state index contributed by atoms with van der Waals surface area (Å²) in [4.78, 5) is 12.4. The van der Waals surface area contributed by atoms with Crippen LogP contribution in [0.4, 0.5) is 0 Å². The Labute approximate surface area is 198 Å². The highest BCUT2D eigenvalue weighted by Crippen LogP contribution is 2.40. The van der Waals surface area contributed by atoms with Crippen LogP contribution < -0.4 is 0 Å². The van der Waals surface area contributed by atoms with Crippen LogP contribution in [0.15, 0.2) is 46.2 Å². The first-order chi connectivity index (χ1) is 15.5. The van der Waals surface area contributed by atoms with Crippen LogP contribution in [-0.2, 0) is 6.54 Å². The maximum Gasteiger partial charge on any atom is 0.197 e. The van der Waals surface area contributed by atoms with Crippen molar-refractivity contribution in [3.63, 3.8) is 0 Å². The maximum atomic E-state index is 4.68. The zero-order valence-electron chi connectivity index (χ0n) is 19.4. The Hall–Kier alpha value is -2.29. The second kappa shape index (κ2) is 10.1. The average Bonchev–Trinajstić information content (AvgIpc) is 3.38. The molecule has 0 aliphatic rings. The molecule has 1 atom stereocenters. The van der Waals surface area contributed by atoms with Gasteiger partial charge in [0.2, 0.25) is 0 Å². The maximum absolute atomic E-state index is 4.68. The van der Waals surface area contributed by atoms with Gasteiger partial charge in [-0.3, -0.25) is 4.90 Å². The molecule has 3 heterocycles. The van der Waals surface area contributed by atoms with Gasteiger partial charge in [-0.2, -0.15) is 0 Å². The third-order valence-electron chi connectivity index (χ3n) is 5.67. The van der Waals surface area contributed by atoms with Crippen LogP contribution in [0.25, 0.3) is 21.3 Å². The lowest BCUT2D eigenvalue weighted by atomic mass is 10.1. The molecule has 0 aliphatic heterocycles. The van der Waals surface area contributed by atoms with Crippen LogP contribution in [0.1, 0.15) is 50.5 Å². The number of aromatic nitrogens is 5. The summed E-state index contributed by atoms with van der Waals surface area (Å²) in [6.07, 6.45) is 4.86. The number of aryl methyl sites for hydroxylation is 1. The molecular weight excluding hydrogens is 436 g/mol. The molecule has 0 bridgehead atoms. The Balaban J connectivity index is 1.77. The zero-order valence-corrected chi connectivity index (χ0v) is 21.0. The van der Waals surface area contributed by atoms with Crippen LogP contribution in [0.3, 0.4) is 0 Å². The second-order valence-corrected chi connectivity index (χ2v) is 10.0. The van der Waals surface area contributed by atoms with Gasteiger partial charge in [0.15, 0.2) is 11.0 Å². The fourth-order valence-electron chi connectivity index (χ4n) is 3.88. The normalized spacial score (nSPS) is 12.7. The Morgan fingerprint density at radius 3 is 2.56 bits per heavy atom. The highest BCUT2D eigenvalue weighted by atomic mass is 32.2. The van der Waals surface area contributed by atoms with Crippen LogP contribution >= 0.6 is 23.1 Å². The summed E-state index contributed by atoms with van der Waals surface area (Å²) in [5.74, 6) is 1.03. The molecule has 4 aromatic rings. The zero-order chi connectivity index (χ0) is 22.7. The number of fused-ring (bicyclic) bond motifs is 1. The van der Waals surface area contributed by atoms with E-state index in [1.807, 2.05) is 0 Å². The molecular formula is C24H30N6S2. The number of thiophene rings is 1. The third kappa shape index (κ3) is 4.58. The van der Waals surface area contributed by atoms with E-state index >= 15 is 0 Å². The minimum Gasteiger partial charge on any atom is -0.304 e. The van der Waals surface area contributed by atoms with Crippen molar-refractivity contribution in [1.82, 2.24) is 29.6 Å². The third-order valence-corrected chi connectivity index (χ3v) is 7.55. The van der Waals surface area contributed by atoms with Crippen molar-refractivity contribution in [2.75, 3.05) is 14.1 Å². The summed E-state index contributed by atoms with van der Waals surface area (Å²) in [7, 11) is 4.21. The molecule has 0 fully saturated rings. The standard InChI is InChI=1S/C24H30N6S2/c1-6-8-13-30-21(19(7-2)29(4)5)27-28-24(30)32-23-20-18(14-31-22(20)25-15-26-23)17-11-9-16(3)10-12-17/h9-12,14-15,19H,6-8,13H2,1-5H3/t19-/m0/s1. The SMILES string of the molecule is CCCCn1c(Sc2ncnc3scc(-c4ccc(C)cc4)c23)nnc1[C@H](CC)N(C)C. The number of unbranched alkanes of at least 4 members (excludes halogenated alkanes) is 1. The molecule has 0 unspecified atom stereocenters. The van der Waals surface area contributed by atoms with E-state index in [-0.39, 0.29) is 6.04 Å². The summed E-state index contributed by atoms with van der Waals surface area (Å²) >= 11 is 3.26. The Kier molecular flexibility index (Phi) is 7.23. The molecule has 0 spiro atoms. The van der Waals surface area contributed by atoms with Crippen molar-refractivity contribution in [3.05, 3.63) is 47.4 Å².